The van der Waals surface area contributed by atoms with Gasteiger partial charge in [0.05, 0.1) is 0 Å². The molecule has 0 aliphatic rings. The summed E-state index contributed by atoms with van der Waals surface area (Å²) in [4.78, 5) is 0. The van der Waals surface area contributed by atoms with Gasteiger partial charge in [-0.25, -0.2) is 0 Å². The van der Waals surface area contributed by atoms with Crippen LogP contribution in [0.4, 0.5) is 0 Å². The molecule has 0 bridgehead atoms. The van der Waals surface area contributed by atoms with Gasteiger partial charge in [0.15, 0.2) is 0 Å². The molecule has 0 atom stereocenters. The van der Waals surface area contributed by atoms with Crippen molar-refractivity contribution in [2.45, 2.75) is 26.9 Å². The molecule has 0 aliphatic heterocycles. The van der Waals surface area contributed by atoms with E-state index in [1.165, 1.54) is 0 Å². The summed E-state index contributed by atoms with van der Waals surface area (Å²) < 4.78 is 13.0. The predicted molar refractivity (Wildman–Crippen MR) is 70.2 cm³/mol. The predicted octanol–water partition coefficient (Wildman–Crippen LogP) is 3.95. The van der Waals surface area contributed by atoms with Crippen molar-refractivity contribution in [3.05, 3.63) is 23.8 Å². The van der Waals surface area contributed by atoms with Crippen LogP contribution in [0, 0.1) is 0 Å². The molecule has 1 aromatic rings. The van der Waals surface area contributed by atoms with E-state index in [1.54, 1.807) is 0 Å². The summed E-state index contributed by atoms with van der Waals surface area (Å²) in [5.41, 5.74) is 0.911. The Bertz CT molecular complexity index is 401. The summed E-state index contributed by atoms with van der Waals surface area (Å²) in [6.07, 6.45) is 0.117. The number of rotatable bonds is 5. The van der Waals surface area contributed by atoms with Crippen molar-refractivity contribution in [3.8, 4) is 11.5 Å². The van der Waals surface area contributed by atoms with E-state index in [0.29, 0.717) is 6.61 Å². The molecular formula is C12H16Cl2O2Ru. The van der Waals surface area contributed by atoms with Crippen LogP contribution in [0.15, 0.2) is 18.2 Å². The molecule has 0 aromatic heterocycles. The minimum atomic E-state index is -1.87. The monoisotopic (exact) mass is 364 g/mol. The van der Waals surface area contributed by atoms with Gasteiger partial charge in [0, 0.05) is 0 Å². The maximum absolute atomic E-state index is 5.91. The Kier molecular flexibility index (Phi) is 6.47. The van der Waals surface area contributed by atoms with Gasteiger partial charge in [0.25, 0.3) is 0 Å². The van der Waals surface area contributed by atoms with Crippen molar-refractivity contribution in [1.29, 1.82) is 0 Å². The first-order valence-corrected chi connectivity index (χ1v) is 10.8. The molecule has 0 N–H and O–H groups in total. The summed E-state index contributed by atoms with van der Waals surface area (Å²) in [5.74, 6) is 1.60. The molecule has 0 amide bonds. The fraction of sp³-hybridized carbons (Fsp3) is 0.417. The number of hydrogen-bond donors (Lipinski definition) is 0. The number of benzene rings is 1. The third-order valence-electron chi connectivity index (χ3n) is 1.84. The number of halogens is 2. The summed E-state index contributed by atoms with van der Waals surface area (Å²) in [6.45, 7) is 6.55. The zero-order chi connectivity index (χ0) is 12.8. The van der Waals surface area contributed by atoms with Gasteiger partial charge in [-0.05, 0) is 0 Å². The number of ether oxygens (including phenoxy) is 2. The molecule has 0 spiro atoms. The van der Waals surface area contributed by atoms with Crippen molar-refractivity contribution in [1.82, 2.24) is 0 Å². The SMILES string of the molecule is CCOc1ccc(OC(C)C)c([CH]=[Ru]([Cl])[Cl])c1. The standard InChI is InChI=1S/C12H16O2.2ClH.Ru/c1-5-13-11-6-7-12(10(4)8-11)14-9(2)3;;;/h4,6-9H,5H2,1-3H3;2*1H;/q;;;+2/p-2. The second-order valence-electron chi connectivity index (χ2n) is 3.61. The van der Waals surface area contributed by atoms with E-state index < -0.39 is 13.5 Å². The van der Waals surface area contributed by atoms with Crippen molar-refractivity contribution in [2.75, 3.05) is 6.61 Å². The third kappa shape index (κ3) is 5.37. The first kappa shape index (κ1) is 15.0. The van der Waals surface area contributed by atoms with Crippen molar-refractivity contribution < 1.29 is 23.0 Å². The van der Waals surface area contributed by atoms with E-state index in [0.717, 1.165) is 17.1 Å². The van der Waals surface area contributed by atoms with Crippen molar-refractivity contribution in [2.24, 2.45) is 0 Å². The molecule has 1 rings (SSSR count). The zero-order valence-electron chi connectivity index (χ0n) is 10.0. The fourth-order valence-corrected chi connectivity index (χ4v) is 3.09. The van der Waals surface area contributed by atoms with Crippen LogP contribution in [0.2, 0.25) is 0 Å². The van der Waals surface area contributed by atoms with Gasteiger partial charge in [-0.1, -0.05) is 0 Å². The zero-order valence-corrected chi connectivity index (χ0v) is 13.3. The molecule has 5 heteroatoms. The van der Waals surface area contributed by atoms with Gasteiger partial charge in [-0.15, -0.1) is 0 Å². The molecule has 98 valence electrons. The normalized spacial score (nSPS) is 11.3. The molecule has 0 heterocycles. The fourth-order valence-electron chi connectivity index (χ4n) is 1.31. The van der Waals surface area contributed by atoms with E-state index in [-0.39, 0.29) is 6.10 Å². The summed E-state index contributed by atoms with van der Waals surface area (Å²) >= 11 is -1.87. The molecule has 2 nitrogen and oxygen atoms in total. The molecule has 0 aliphatic carbocycles. The Balaban J connectivity index is 3.07. The van der Waals surface area contributed by atoms with Crippen molar-refractivity contribution >= 4 is 24.0 Å². The molecule has 1 aromatic carbocycles. The van der Waals surface area contributed by atoms with Crippen LogP contribution in [0.25, 0.3) is 0 Å². The molecule has 0 saturated carbocycles. The first-order chi connectivity index (χ1) is 8.02. The topological polar surface area (TPSA) is 18.5 Å². The van der Waals surface area contributed by atoms with Crippen LogP contribution in [0.5, 0.6) is 11.5 Å². The third-order valence-corrected chi connectivity index (χ3v) is 3.67. The second kappa shape index (κ2) is 7.35. The van der Waals surface area contributed by atoms with E-state index in [2.05, 4.69) is 0 Å². The number of hydrogen-bond acceptors (Lipinski definition) is 2. The molecule has 17 heavy (non-hydrogen) atoms. The Hall–Kier alpha value is -0.107. The van der Waals surface area contributed by atoms with Crippen LogP contribution >= 0.6 is 19.4 Å². The second-order valence-corrected chi connectivity index (χ2v) is 9.33. The molecule has 0 saturated heterocycles. The van der Waals surface area contributed by atoms with E-state index >= 15 is 0 Å². The molecule has 0 radical (unpaired) electrons. The van der Waals surface area contributed by atoms with Gasteiger partial charge in [-0.2, -0.15) is 0 Å². The molecule has 0 unspecified atom stereocenters. The maximum atomic E-state index is 5.91. The van der Waals surface area contributed by atoms with Gasteiger partial charge >= 0.3 is 116 Å². The van der Waals surface area contributed by atoms with Crippen LogP contribution < -0.4 is 9.47 Å². The van der Waals surface area contributed by atoms with E-state index in [1.807, 2.05) is 43.6 Å². The Morgan fingerprint density at radius 2 is 2.06 bits per heavy atom. The van der Waals surface area contributed by atoms with E-state index in [4.69, 9.17) is 28.9 Å². The summed E-state index contributed by atoms with van der Waals surface area (Å²) in [5, 5.41) is 0. The first-order valence-electron chi connectivity index (χ1n) is 5.29. The molecular weight excluding hydrogens is 348 g/mol. The van der Waals surface area contributed by atoms with Gasteiger partial charge in [-0.3, -0.25) is 0 Å². The molecule has 0 fully saturated rings. The Morgan fingerprint density at radius 1 is 1.35 bits per heavy atom. The summed E-state index contributed by atoms with van der Waals surface area (Å²) in [6, 6.07) is 5.69. The average Bonchev–Trinajstić information content (AvgIpc) is 2.21. The Morgan fingerprint density at radius 3 is 2.59 bits per heavy atom. The van der Waals surface area contributed by atoms with Gasteiger partial charge in [0.2, 0.25) is 0 Å². The quantitative estimate of drug-likeness (QED) is 0.737. The van der Waals surface area contributed by atoms with Crippen LogP contribution in [-0.4, -0.2) is 17.3 Å². The van der Waals surface area contributed by atoms with Crippen molar-refractivity contribution in [3.63, 3.8) is 0 Å². The van der Waals surface area contributed by atoms with Gasteiger partial charge < -0.3 is 0 Å². The Labute approximate surface area is 115 Å². The van der Waals surface area contributed by atoms with Crippen LogP contribution in [-0.2, 0) is 13.5 Å². The average molecular weight is 364 g/mol. The van der Waals surface area contributed by atoms with Gasteiger partial charge in [0.1, 0.15) is 0 Å². The van der Waals surface area contributed by atoms with E-state index in [9.17, 15) is 0 Å². The summed E-state index contributed by atoms with van der Waals surface area (Å²) in [7, 11) is 11.8. The minimum absolute atomic E-state index is 0.117. The van der Waals surface area contributed by atoms with Crippen LogP contribution in [0.3, 0.4) is 0 Å². The van der Waals surface area contributed by atoms with Crippen LogP contribution in [0.1, 0.15) is 26.3 Å².